The number of hydrogen-bond donors (Lipinski definition) is 2. The SMILES string of the molecule is C=Cc1c(C(C)=O)cc(-c2ccc(C)c(F)c2)nc1/C=C\C.CCCC(CCC)CCCO.CO. The van der Waals surface area contributed by atoms with Crippen LogP contribution in [0.5, 0.6) is 0 Å². The van der Waals surface area contributed by atoms with Crippen LogP contribution < -0.4 is 0 Å². The predicted octanol–water partition coefficient (Wildman–Crippen LogP) is 7.66. The molecular formula is C30H44FNO3. The van der Waals surface area contributed by atoms with E-state index in [9.17, 15) is 9.18 Å². The predicted molar refractivity (Wildman–Crippen MR) is 147 cm³/mol. The van der Waals surface area contributed by atoms with Crippen LogP contribution in [-0.2, 0) is 0 Å². The highest BCUT2D eigenvalue weighted by Crippen LogP contribution is 2.26. The standard InChI is InChI=1S/C19H18FNO.C10H22O.CH4O/c1-5-7-18-15(6-2)16(13(4)22)11-19(21-18)14-9-8-12(3)17(20)10-14;1-3-6-10(7-4-2)8-5-9-11;1-2/h5-11H,2H2,1,3-4H3;10-11H,3-9H2,1-2H3;2H,1H3/b7-5-;;. The molecule has 1 aromatic carbocycles. The van der Waals surface area contributed by atoms with Gasteiger partial charge in [0.25, 0.3) is 0 Å². The molecule has 0 amide bonds. The first-order valence-electron chi connectivity index (χ1n) is 12.5. The van der Waals surface area contributed by atoms with Crippen molar-refractivity contribution in [3.63, 3.8) is 0 Å². The lowest BCUT2D eigenvalue weighted by molar-refractivity contribution is 0.101. The Labute approximate surface area is 211 Å². The van der Waals surface area contributed by atoms with Crippen LogP contribution in [0.2, 0.25) is 0 Å². The second-order valence-corrected chi connectivity index (χ2v) is 8.39. The summed E-state index contributed by atoms with van der Waals surface area (Å²) >= 11 is 0. The summed E-state index contributed by atoms with van der Waals surface area (Å²) in [4.78, 5) is 16.5. The Bertz CT molecular complexity index is 931. The van der Waals surface area contributed by atoms with Gasteiger partial charge in [-0.25, -0.2) is 9.37 Å². The van der Waals surface area contributed by atoms with E-state index in [0.29, 0.717) is 40.2 Å². The van der Waals surface area contributed by atoms with Crippen LogP contribution in [0.4, 0.5) is 4.39 Å². The summed E-state index contributed by atoms with van der Waals surface area (Å²) in [7, 11) is 1.00. The highest BCUT2D eigenvalue weighted by Gasteiger charge is 2.14. The van der Waals surface area contributed by atoms with E-state index in [1.807, 2.05) is 19.1 Å². The zero-order chi connectivity index (χ0) is 26.8. The van der Waals surface area contributed by atoms with Gasteiger partial charge in [0.2, 0.25) is 0 Å². The Morgan fingerprint density at radius 3 is 2.23 bits per heavy atom. The molecule has 4 nitrogen and oxygen atoms in total. The van der Waals surface area contributed by atoms with E-state index in [4.69, 9.17) is 10.2 Å². The van der Waals surface area contributed by atoms with Crippen LogP contribution in [0.25, 0.3) is 23.4 Å². The van der Waals surface area contributed by atoms with Crippen LogP contribution in [0.3, 0.4) is 0 Å². The van der Waals surface area contributed by atoms with Gasteiger partial charge < -0.3 is 10.2 Å². The second kappa shape index (κ2) is 18.7. The van der Waals surface area contributed by atoms with Crippen molar-refractivity contribution in [1.29, 1.82) is 0 Å². The molecule has 2 N–H and O–H groups in total. The van der Waals surface area contributed by atoms with Crippen molar-refractivity contribution in [2.75, 3.05) is 13.7 Å². The van der Waals surface area contributed by atoms with Crippen molar-refractivity contribution in [2.24, 2.45) is 5.92 Å². The van der Waals surface area contributed by atoms with E-state index in [1.54, 1.807) is 31.2 Å². The number of rotatable bonds is 11. The number of pyridine rings is 1. The van der Waals surface area contributed by atoms with E-state index in [-0.39, 0.29) is 11.6 Å². The molecular weight excluding hydrogens is 441 g/mol. The largest absolute Gasteiger partial charge is 0.400 e. The number of aryl methyl sites for hydroxylation is 1. The first-order chi connectivity index (χ1) is 16.8. The number of carbonyl (C=O) groups is 1. The van der Waals surface area contributed by atoms with E-state index >= 15 is 0 Å². The Morgan fingerprint density at radius 2 is 1.77 bits per heavy atom. The molecule has 0 saturated heterocycles. The summed E-state index contributed by atoms with van der Waals surface area (Å²) in [5.41, 5.74) is 3.68. The number of halogens is 1. The maximum absolute atomic E-state index is 13.8. The fourth-order valence-corrected chi connectivity index (χ4v) is 3.89. The maximum atomic E-state index is 13.8. The molecule has 2 rings (SSSR count). The summed E-state index contributed by atoms with van der Waals surface area (Å²) in [6.07, 6.45) is 12.8. The van der Waals surface area contributed by atoms with Crippen molar-refractivity contribution < 1.29 is 19.4 Å². The average molecular weight is 486 g/mol. The molecule has 0 aliphatic heterocycles. The topological polar surface area (TPSA) is 70.4 Å². The molecule has 2 aromatic rings. The summed E-state index contributed by atoms with van der Waals surface area (Å²) in [5, 5.41) is 15.7. The number of allylic oxidation sites excluding steroid dienone is 1. The van der Waals surface area contributed by atoms with Gasteiger partial charge >= 0.3 is 0 Å². The van der Waals surface area contributed by atoms with Gasteiger partial charge in [0.05, 0.1) is 11.4 Å². The number of aromatic nitrogens is 1. The Morgan fingerprint density at radius 1 is 1.14 bits per heavy atom. The first kappa shape index (κ1) is 32.4. The minimum atomic E-state index is -0.288. The molecule has 0 aliphatic rings. The number of nitrogens with zero attached hydrogens (tertiary/aromatic N) is 1. The second-order valence-electron chi connectivity index (χ2n) is 8.39. The van der Waals surface area contributed by atoms with Crippen molar-refractivity contribution in [3.05, 3.63) is 65.1 Å². The summed E-state index contributed by atoms with van der Waals surface area (Å²) in [6.45, 7) is 13.7. The smallest absolute Gasteiger partial charge is 0.160 e. The van der Waals surface area contributed by atoms with E-state index in [1.165, 1.54) is 45.1 Å². The molecule has 0 atom stereocenters. The van der Waals surface area contributed by atoms with Gasteiger partial charge in [0.1, 0.15) is 5.82 Å². The lowest BCUT2D eigenvalue weighted by Gasteiger charge is -2.13. The van der Waals surface area contributed by atoms with Gasteiger partial charge in [-0.05, 0) is 63.3 Å². The zero-order valence-corrected chi connectivity index (χ0v) is 22.4. The summed E-state index contributed by atoms with van der Waals surface area (Å²) in [6, 6.07) is 6.64. The third-order valence-corrected chi connectivity index (χ3v) is 5.63. The molecule has 0 spiro atoms. The van der Waals surface area contributed by atoms with E-state index in [0.717, 1.165) is 19.4 Å². The van der Waals surface area contributed by atoms with Gasteiger partial charge in [-0.15, -0.1) is 0 Å². The summed E-state index contributed by atoms with van der Waals surface area (Å²) < 4.78 is 13.8. The van der Waals surface area contributed by atoms with Crippen molar-refractivity contribution in [1.82, 2.24) is 4.98 Å². The Kier molecular flexibility index (Phi) is 17.3. The van der Waals surface area contributed by atoms with Crippen LogP contribution in [-0.4, -0.2) is 34.7 Å². The normalized spacial score (nSPS) is 10.5. The Hall–Kier alpha value is -2.63. The molecule has 35 heavy (non-hydrogen) atoms. The zero-order valence-electron chi connectivity index (χ0n) is 22.4. The van der Waals surface area contributed by atoms with Crippen LogP contribution >= 0.6 is 0 Å². The molecule has 0 aliphatic carbocycles. The molecule has 1 aromatic heterocycles. The number of ketones is 1. The number of Topliss-reactive ketones (excluding diaryl/α,β-unsaturated/α-hetero) is 1. The van der Waals surface area contributed by atoms with Gasteiger partial charge in [0, 0.05) is 30.4 Å². The minimum absolute atomic E-state index is 0.0723. The number of carbonyl (C=O) groups excluding carboxylic acids is 1. The number of aliphatic hydroxyl groups excluding tert-OH is 2. The summed E-state index contributed by atoms with van der Waals surface area (Å²) in [5.74, 6) is 0.512. The van der Waals surface area contributed by atoms with Gasteiger partial charge in [-0.2, -0.15) is 0 Å². The molecule has 0 unspecified atom stereocenters. The van der Waals surface area contributed by atoms with Crippen LogP contribution in [0, 0.1) is 18.7 Å². The van der Waals surface area contributed by atoms with Crippen LogP contribution in [0.15, 0.2) is 36.9 Å². The number of aliphatic hydroxyl groups is 2. The highest BCUT2D eigenvalue weighted by atomic mass is 19.1. The van der Waals surface area contributed by atoms with Crippen molar-refractivity contribution in [2.45, 2.75) is 73.1 Å². The average Bonchev–Trinajstić information content (AvgIpc) is 2.85. The van der Waals surface area contributed by atoms with Gasteiger partial charge in [0.15, 0.2) is 5.78 Å². The highest BCUT2D eigenvalue weighted by molar-refractivity contribution is 5.99. The molecule has 194 valence electrons. The first-order valence-corrected chi connectivity index (χ1v) is 12.5. The third kappa shape index (κ3) is 11.1. The number of hydrogen-bond acceptors (Lipinski definition) is 4. The lowest BCUT2D eigenvalue weighted by atomic mass is 9.94. The quantitative estimate of drug-likeness (QED) is 0.321. The van der Waals surface area contributed by atoms with Crippen LogP contribution in [0.1, 0.15) is 93.4 Å². The molecule has 0 fully saturated rings. The third-order valence-electron chi connectivity index (χ3n) is 5.63. The fraction of sp³-hybridized carbons (Fsp3) is 0.467. The maximum Gasteiger partial charge on any atom is 0.160 e. The molecule has 5 heteroatoms. The van der Waals surface area contributed by atoms with Gasteiger partial charge in [-0.3, -0.25) is 4.79 Å². The van der Waals surface area contributed by atoms with Crippen molar-refractivity contribution in [3.8, 4) is 11.3 Å². The van der Waals surface area contributed by atoms with Crippen molar-refractivity contribution >= 4 is 17.9 Å². The Balaban J connectivity index is 0.000000754. The minimum Gasteiger partial charge on any atom is -0.400 e. The number of benzene rings is 1. The van der Waals surface area contributed by atoms with E-state index < -0.39 is 0 Å². The molecule has 0 radical (unpaired) electrons. The molecule has 1 heterocycles. The lowest BCUT2D eigenvalue weighted by Crippen LogP contribution is -2.02. The van der Waals surface area contributed by atoms with E-state index in [2.05, 4.69) is 25.4 Å². The monoisotopic (exact) mass is 485 g/mol. The molecule has 0 bridgehead atoms. The van der Waals surface area contributed by atoms with Gasteiger partial charge in [-0.1, -0.05) is 70.4 Å². The fourth-order valence-electron chi connectivity index (χ4n) is 3.89. The molecule has 0 saturated carbocycles.